The fourth-order valence-corrected chi connectivity index (χ4v) is 2.11. The van der Waals surface area contributed by atoms with Gasteiger partial charge in [-0.25, -0.2) is 4.68 Å². The molecule has 80 valence electrons. The Labute approximate surface area is 98.7 Å². The molecule has 0 bridgehead atoms. The Hall–Kier alpha value is -1.73. The van der Waals surface area contributed by atoms with Gasteiger partial charge in [-0.3, -0.25) is 0 Å². The molecule has 0 saturated heterocycles. The lowest BCUT2D eigenvalue weighted by atomic mass is 10.2. The normalized spacial score (nSPS) is 10.1. The van der Waals surface area contributed by atoms with E-state index in [-0.39, 0.29) is 0 Å². The molecule has 0 aliphatic rings. The number of hydrogen-bond donors (Lipinski definition) is 0. The van der Waals surface area contributed by atoms with Crippen LogP contribution in [-0.4, -0.2) is 16.0 Å². The highest BCUT2D eigenvalue weighted by atomic mass is 32.2. The quantitative estimate of drug-likeness (QED) is 0.743. The second-order valence-corrected chi connectivity index (χ2v) is 4.28. The second-order valence-electron chi connectivity index (χ2n) is 3.43. The number of rotatable bonds is 2. The highest BCUT2D eigenvalue weighted by Crippen LogP contribution is 2.25. The van der Waals surface area contributed by atoms with Gasteiger partial charge in [-0.05, 0) is 30.9 Å². The zero-order valence-electron chi connectivity index (χ0n) is 9.14. The first-order valence-corrected chi connectivity index (χ1v) is 6.07. The van der Waals surface area contributed by atoms with Crippen molar-refractivity contribution in [2.45, 2.75) is 11.8 Å². The van der Waals surface area contributed by atoms with Gasteiger partial charge in [0.15, 0.2) is 0 Å². The number of benzene rings is 1. The van der Waals surface area contributed by atoms with Crippen LogP contribution in [0.5, 0.6) is 0 Å². The predicted molar refractivity (Wildman–Crippen MR) is 64.8 cm³/mol. The molecule has 2 rings (SSSR count). The SMILES string of the molecule is CSc1cccc(-n2cc(C)cn2)c1C#N. The first kappa shape index (κ1) is 10.8. The molecular weight excluding hydrogens is 218 g/mol. The number of nitrogens with zero attached hydrogens (tertiary/aromatic N) is 3. The third kappa shape index (κ3) is 1.82. The van der Waals surface area contributed by atoms with Crippen molar-refractivity contribution in [1.82, 2.24) is 9.78 Å². The molecular formula is C12H11N3S. The number of nitriles is 1. The summed E-state index contributed by atoms with van der Waals surface area (Å²) in [5, 5.41) is 13.4. The maximum absolute atomic E-state index is 9.19. The first-order valence-electron chi connectivity index (χ1n) is 4.85. The van der Waals surface area contributed by atoms with Gasteiger partial charge in [0.2, 0.25) is 0 Å². The molecule has 0 aliphatic heterocycles. The van der Waals surface area contributed by atoms with Gasteiger partial charge in [-0.2, -0.15) is 10.4 Å². The van der Waals surface area contributed by atoms with E-state index in [1.807, 2.05) is 37.6 Å². The summed E-state index contributed by atoms with van der Waals surface area (Å²) < 4.78 is 1.74. The third-order valence-electron chi connectivity index (χ3n) is 2.29. The average Bonchev–Trinajstić information content (AvgIpc) is 2.74. The summed E-state index contributed by atoms with van der Waals surface area (Å²) in [5.41, 5.74) is 2.60. The molecule has 1 aromatic heterocycles. The summed E-state index contributed by atoms with van der Waals surface area (Å²) in [5.74, 6) is 0. The highest BCUT2D eigenvalue weighted by Gasteiger charge is 2.09. The lowest BCUT2D eigenvalue weighted by Gasteiger charge is -2.07. The van der Waals surface area contributed by atoms with Crippen molar-refractivity contribution in [3.63, 3.8) is 0 Å². The van der Waals surface area contributed by atoms with Gasteiger partial charge in [0.25, 0.3) is 0 Å². The van der Waals surface area contributed by atoms with E-state index in [0.717, 1.165) is 16.1 Å². The second kappa shape index (κ2) is 4.42. The Kier molecular flexibility index (Phi) is 2.97. The van der Waals surface area contributed by atoms with E-state index in [9.17, 15) is 5.26 Å². The van der Waals surface area contributed by atoms with Crippen LogP contribution in [0.4, 0.5) is 0 Å². The molecule has 3 nitrogen and oxygen atoms in total. The van der Waals surface area contributed by atoms with E-state index in [1.54, 1.807) is 22.6 Å². The zero-order chi connectivity index (χ0) is 11.5. The molecule has 0 amide bonds. The van der Waals surface area contributed by atoms with Crippen LogP contribution in [-0.2, 0) is 0 Å². The van der Waals surface area contributed by atoms with Crippen LogP contribution in [0.3, 0.4) is 0 Å². The van der Waals surface area contributed by atoms with E-state index in [2.05, 4.69) is 11.2 Å². The van der Waals surface area contributed by atoms with E-state index in [1.165, 1.54) is 0 Å². The van der Waals surface area contributed by atoms with Gasteiger partial charge in [0.05, 0.1) is 17.4 Å². The van der Waals surface area contributed by atoms with Crippen LogP contribution in [0.15, 0.2) is 35.5 Å². The molecule has 0 saturated carbocycles. The molecule has 0 fully saturated rings. The minimum Gasteiger partial charge on any atom is -0.239 e. The fourth-order valence-electron chi connectivity index (χ4n) is 1.54. The fraction of sp³-hybridized carbons (Fsp3) is 0.167. The number of thioether (sulfide) groups is 1. The molecule has 0 aliphatic carbocycles. The molecule has 0 spiro atoms. The summed E-state index contributed by atoms with van der Waals surface area (Å²) in [7, 11) is 0. The predicted octanol–water partition coefficient (Wildman–Crippen LogP) is 2.77. The minimum absolute atomic E-state index is 0.679. The zero-order valence-corrected chi connectivity index (χ0v) is 9.95. The Bertz CT molecular complexity index is 552. The molecule has 4 heteroatoms. The summed E-state index contributed by atoms with van der Waals surface area (Å²) >= 11 is 1.57. The summed E-state index contributed by atoms with van der Waals surface area (Å²) in [4.78, 5) is 0.980. The van der Waals surface area contributed by atoms with Crippen LogP contribution in [0.25, 0.3) is 5.69 Å². The Morgan fingerprint density at radius 1 is 1.44 bits per heavy atom. The lowest BCUT2D eigenvalue weighted by Crippen LogP contribution is -1.98. The van der Waals surface area contributed by atoms with Crippen LogP contribution in [0, 0.1) is 18.3 Å². The largest absolute Gasteiger partial charge is 0.239 e. The summed E-state index contributed by atoms with van der Waals surface area (Å²) in [6, 6.07) is 8.04. The maximum atomic E-state index is 9.19. The molecule has 16 heavy (non-hydrogen) atoms. The van der Waals surface area contributed by atoms with Gasteiger partial charge in [0, 0.05) is 11.1 Å². The maximum Gasteiger partial charge on any atom is 0.103 e. The smallest absolute Gasteiger partial charge is 0.103 e. The topological polar surface area (TPSA) is 41.6 Å². The van der Waals surface area contributed by atoms with Crippen molar-refractivity contribution in [3.8, 4) is 11.8 Å². The molecule has 2 aromatic rings. The van der Waals surface area contributed by atoms with Gasteiger partial charge in [-0.15, -0.1) is 11.8 Å². The van der Waals surface area contributed by atoms with Crippen molar-refractivity contribution in [3.05, 3.63) is 41.7 Å². The first-order chi connectivity index (χ1) is 7.76. The van der Waals surface area contributed by atoms with Gasteiger partial charge >= 0.3 is 0 Å². The summed E-state index contributed by atoms with van der Waals surface area (Å²) in [6.45, 7) is 1.98. The van der Waals surface area contributed by atoms with Gasteiger partial charge in [0.1, 0.15) is 6.07 Å². The lowest BCUT2D eigenvalue weighted by molar-refractivity contribution is 0.873. The van der Waals surface area contributed by atoms with Crippen molar-refractivity contribution in [2.75, 3.05) is 6.26 Å². The summed E-state index contributed by atoms with van der Waals surface area (Å²) in [6.07, 6.45) is 5.67. The Morgan fingerprint density at radius 2 is 2.25 bits per heavy atom. The molecule has 0 radical (unpaired) electrons. The number of aryl methyl sites for hydroxylation is 1. The van der Waals surface area contributed by atoms with Crippen LogP contribution < -0.4 is 0 Å². The van der Waals surface area contributed by atoms with Gasteiger partial charge < -0.3 is 0 Å². The van der Waals surface area contributed by atoms with E-state index in [4.69, 9.17) is 0 Å². The van der Waals surface area contributed by atoms with E-state index >= 15 is 0 Å². The van der Waals surface area contributed by atoms with Crippen molar-refractivity contribution >= 4 is 11.8 Å². The van der Waals surface area contributed by atoms with Crippen molar-refractivity contribution < 1.29 is 0 Å². The highest BCUT2D eigenvalue weighted by molar-refractivity contribution is 7.98. The van der Waals surface area contributed by atoms with Crippen molar-refractivity contribution in [2.24, 2.45) is 0 Å². The van der Waals surface area contributed by atoms with Crippen molar-refractivity contribution in [1.29, 1.82) is 5.26 Å². The number of aromatic nitrogens is 2. The minimum atomic E-state index is 0.679. The molecule has 0 unspecified atom stereocenters. The van der Waals surface area contributed by atoms with E-state index in [0.29, 0.717) is 5.56 Å². The van der Waals surface area contributed by atoms with Crippen LogP contribution in [0.2, 0.25) is 0 Å². The van der Waals surface area contributed by atoms with E-state index < -0.39 is 0 Å². The van der Waals surface area contributed by atoms with Crippen LogP contribution in [0.1, 0.15) is 11.1 Å². The monoisotopic (exact) mass is 229 g/mol. The molecule has 0 atom stereocenters. The van der Waals surface area contributed by atoms with Crippen LogP contribution >= 0.6 is 11.8 Å². The molecule has 1 heterocycles. The number of hydrogen-bond acceptors (Lipinski definition) is 3. The Balaban J connectivity index is 2.61. The average molecular weight is 229 g/mol. The standard InChI is InChI=1S/C12H11N3S/c1-9-7-14-15(8-9)11-4-3-5-12(16-2)10(11)6-13/h3-5,7-8H,1-2H3. The molecule has 1 aromatic carbocycles. The Morgan fingerprint density at radius 3 is 2.81 bits per heavy atom. The third-order valence-corrected chi connectivity index (χ3v) is 3.07. The molecule has 0 N–H and O–H groups in total. The van der Waals surface area contributed by atoms with Gasteiger partial charge in [-0.1, -0.05) is 6.07 Å².